The first-order valence-corrected chi connectivity index (χ1v) is 13.9. The summed E-state index contributed by atoms with van der Waals surface area (Å²) < 4.78 is 17.1. The van der Waals surface area contributed by atoms with Gasteiger partial charge in [0.2, 0.25) is 0 Å². The van der Waals surface area contributed by atoms with Gasteiger partial charge in [0.15, 0.2) is 8.45 Å². The smallest absolute Gasteiger partial charge is 0.189 e. The zero-order valence-corrected chi connectivity index (χ0v) is 21.6. The van der Waals surface area contributed by atoms with Crippen LogP contribution in [-0.4, -0.2) is 64.2 Å². The number of nitrogens with zero attached hydrogens (tertiary/aromatic N) is 2. The Labute approximate surface area is 182 Å². The summed E-state index contributed by atoms with van der Waals surface area (Å²) in [5.74, 6) is 1.91. The van der Waals surface area contributed by atoms with Gasteiger partial charge in [0.25, 0.3) is 0 Å². The van der Waals surface area contributed by atoms with Crippen LogP contribution < -0.4 is 5.73 Å². The highest BCUT2D eigenvalue weighted by Gasteiger charge is 2.34. The molecule has 6 nitrogen and oxygen atoms in total. The quantitative estimate of drug-likeness (QED) is 0.0746. The highest BCUT2D eigenvalue weighted by molar-refractivity contribution is 8.76. The van der Waals surface area contributed by atoms with E-state index in [1.54, 1.807) is 21.6 Å². The molecule has 0 aromatic carbocycles. The van der Waals surface area contributed by atoms with Crippen molar-refractivity contribution < 1.29 is 9.26 Å². The Morgan fingerprint density at radius 2 is 1.39 bits per heavy atom. The van der Waals surface area contributed by atoms with E-state index >= 15 is 0 Å². The fourth-order valence-electron chi connectivity index (χ4n) is 2.92. The van der Waals surface area contributed by atoms with Crippen molar-refractivity contribution in [3.05, 3.63) is 0 Å². The number of hydrogen-bond donors (Lipinski definition) is 2. The van der Waals surface area contributed by atoms with Crippen molar-refractivity contribution in [2.24, 2.45) is 5.73 Å². The molecule has 0 radical (unpaired) electrons. The second kappa shape index (κ2) is 16.2. The van der Waals surface area contributed by atoms with Gasteiger partial charge in [-0.1, -0.05) is 21.6 Å². The molecule has 0 heterocycles. The highest BCUT2D eigenvalue weighted by Crippen LogP contribution is 2.50. The highest BCUT2D eigenvalue weighted by atomic mass is 33.1. The first-order chi connectivity index (χ1) is 13.1. The average Bonchev–Trinajstić information content (AvgIpc) is 2.54. The zero-order chi connectivity index (χ0) is 21.7. The normalized spacial score (nSPS) is 12.7. The van der Waals surface area contributed by atoms with Crippen molar-refractivity contribution in [3.8, 4) is 0 Å². The maximum Gasteiger partial charge on any atom is 0.189 e. The Hall–Kier alpha value is 0.440. The maximum atomic E-state index is 7.20. The molecule has 0 saturated heterocycles. The fourth-order valence-corrected chi connectivity index (χ4v) is 6.99. The molecule has 9 heteroatoms. The third-order valence-corrected chi connectivity index (χ3v) is 9.06. The van der Waals surface area contributed by atoms with Crippen molar-refractivity contribution >= 4 is 35.9 Å². The average molecular weight is 455 g/mol. The van der Waals surface area contributed by atoms with E-state index < -0.39 is 8.45 Å². The lowest BCUT2D eigenvalue weighted by atomic mass is 10.3. The Kier molecular flexibility index (Phi) is 16.4. The number of nitrogens with one attached hydrogen (secondary N) is 1. The summed E-state index contributed by atoms with van der Waals surface area (Å²) in [5, 5.41) is 7.20. The second-order valence-electron chi connectivity index (χ2n) is 7.82. The predicted octanol–water partition coefficient (Wildman–Crippen LogP) is 5.54. The van der Waals surface area contributed by atoms with Gasteiger partial charge in [-0.05, 0) is 61.8 Å². The predicted molar refractivity (Wildman–Crippen MR) is 129 cm³/mol. The van der Waals surface area contributed by atoms with Crippen LogP contribution in [0, 0.1) is 5.41 Å². The van der Waals surface area contributed by atoms with Crippen LogP contribution >= 0.6 is 30.0 Å². The van der Waals surface area contributed by atoms with Crippen LogP contribution in [0.2, 0.25) is 0 Å². The monoisotopic (exact) mass is 454 g/mol. The van der Waals surface area contributed by atoms with Gasteiger partial charge in [-0.25, -0.2) is 9.34 Å². The van der Waals surface area contributed by atoms with Crippen LogP contribution in [0.15, 0.2) is 0 Å². The molecule has 0 saturated carbocycles. The molecule has 0 aromatic rings. The summed E-state index contributed by atoms with van der Waals surface area (Å²) >= 11 is 0. The SMILES string of the molecule is CC(C)N(C(C)C)P(OCCOCSSCCCC(=N)N)N(C(C)C)C(C)C. The summed E-state index contributed by atoms with van der Waals surface area (Å²) in [5.41, 5.74) is 5.35. The van der Waals surface area contributed by atoms with Gasteiger partial charge >= 0.3 is 0 Å². The van der Waals surface area contributed by atoms with Crippen molar-refractivity contribution in [1.29, 1.82) is 5.41 Å². The Morgan fingerprint density at radius 1 is 0.893 bits per heavy atom. The molecule has 168 valence electrons. The van der Waals surface area contributed by atoms with Crippen molar-refractivity contribution in [2.75, 3.05) is 24.9 Å². The largest absolute Gasteiger partial charge is 0.388 e. The van der Waals surface area contributed by atoms with Crippen LogP contribution in [-0.2, 0) is 9.26 Å². The summed E-state index contributed by atoms with van der Waals surface area (Å²) in [6, 6.07) is 1.70. The van der Waals surface area contributed by atoms with E-state index in [-0.39, 0.29) is 5.84 Å². The van der Waals surface area contributed by atoms with Crippen molar-refractivity contribution in [1.82, 2.24) is 9.34 Å². The summed E-state index contributed by atoms with van der Waals surface area (Å²) in [7, 11) is 2.64. The van der Waals surface area contributed by atoms with Crippen LogP contribution in [0.3, 0.4) is 0 Å². The standard InChI is InChI=1S/C19H43N4O2PS2/c1-15(2)22(16(3)4)26(23(17(5)6)18(7)8)25-12-11-24-14-28-27-13-9-10-19(20)21/h15-18H,9-14H2,1-8H3,(H3,20,21). The molecular weight excluding hydrogens is 411 g/mol. The number of ether oxygens (including phenoxy) is 1. The van der Waals surface area contributed by atoms with Gasteiger partial charge in [-0.3, -0.25) is 5.41 Å². The lowest BCUT2D eigenvalue weighted by molar-refractivity contribution is 0.119. The molecule has 0 atom stereocenters. The molecule has 28 heavy (non-hydrogen) atoms. The molecule has 0 unspecified atom stereocenters. The van der Waals surface area contributed by atoms with Gasteiger partial charge in [-0.2, -0.15) is 0 Å². The molecule has 0 amide bonds. The van der Waals surface area contributed by atoms with Gasteiger partial charge < -0.3 is 15.0 Å². The molecule has 0 aliphatic heterocycles. The van der Waals surface area contributed by atoms with Crippen molar-refractivity contribution in [3.63, 3.8) is 0 Å². The first kappa shape index (κ1) is 28.4. The van der Waals surface area contributed by atoms with Gasteiger partial charge in [-0.15, -0.1) is 0 Å². The van der Waals surface area contributed by atoms with E-state index in [0.717, 1.165) is 12.2 Å². The molecule has 0 bridgehead atoms. The third kappa shape index (κ3) is 12.2. The molecule has 3 N–H and O–H groups in total. The van der Waals surface area contributed by atoms with Gasteiger partial charge in [0, 0.05) is 36.3 Å². The maximum absolute atomic E-state index is 7.20. The fraction of sp³-hybridized carbons (Fsp3) is 0.947. The topological polar surface area (TPSA) is 74.8 Å². The van der Waals surface area contributed by atoms with Gasteiger partial charge in [0.1, 0.15) is 5.94 Å². The molecule has 0 fully saturated rings. The molecule has 0 rings (SSSR count). The van der Waals surface area contributed by atoms with Crippen LogP contribution in [0.5, 0.6) is 0 Å². The van der Waals surface area contributed by atoms with E-state index in [9.17, 15) is 0 Å². The van der Waals surface area contributed by atoms with E-state index in [4.69, 9.17) is 20.4 Å². The minimum atomic E-state index is -0.841. The summed E-state index contributed by atoms with van der Waals surface area (Å²) in [6.45, 7) is 19.2. The Bertz CT molecular complexity index is 379. The van der Waals surface area contributed by atoms with E-state index in [0.29, 0.717) is 49.7 Å². The number of amidine groups is 1. The number of rotatable bonds is 17. The van der Waals surface area contributed by atoms with E-state index in [1.807, 2.05) is 0 Å². The minimum Gasteiger partial charge on any atom is -0.388 e. The molecule has 0 aromatic heterocycles. The van der Waals surface area contributed by atoms with Crippen LogP contribution in [0.1, 0.15) is 68.2 Å². The van der Waals surface area contributed by atoms with Crippen LogP contribution in [0.25, 0.3) is 0 Å². The van der Waals surface area contributed by atoms with E-state index in [1.165, 1.54) is 0 Å². The summed E-state index contributed by atoms with van der Waals surface area (Å²) in [6.07, 6.45) is 1.62. The van der Waals surface area contributed by atoms with E-state index in [2.05, 4.69) is 64.7 Å². The first-order valence-electron chi connectivity index (χ1n) is 10.2. The van der Waals surface area contributed by atoms with Gasteiger partial charge in [0.05, 0.1) is 19.0 Å². The van der Waals surface area contributed by atoms with Crippen LogP contribution in [0.4, 0.5) is 0 Å². The molecule has 0 spiro atoms. The third-order valence-electron chi connectivity index (χ3n) is 3.83. The van der Waals surface area contributed by atoms with Crippen molar-refractivity contribution in [2.45, 2.75) is 92.4 Å². The lowest BCUT2D eigenvalue weighted by Gasteiger charge is -2.45. The minimum absolute atomic E-state index is 0.268. The lowest BCUT2D eigenvalue weighted by Crippen LogP contribution is -2.43. The Balaban J connectivity index is 4.45. The molecular formula is C19H43N4O2PS2. The zero-order valence-electron chi connectivity index (χ0n) is 19.1. The number of nitrogens with two attached hydrogens (primary N) is 1. The molecule has 0 aliphatic rings. The second-order valence-corrected chi connectivity index (χ2v) is 12.0. The Morgan fingerprint density at radius 3 is 1.82 bits per heavy atom. The summed E-state index contributed by atoms with van der Waals surface area (Å²) in [4.78, 5) is 0. The molecule has 0 aliphatic carbocycles. The number of hydrogen-bond acceptors (Lipinski definition) is 7.